The lowest BCUT2D eigenvalue weighted by molar-refractivity contribution is 0.205. The van der Waals surface area contributed by atoms with Crippen LogP contribution >= 0.6 is 0 Å². The highest BCUT2D eigenvalue weighted by Gasteiger charge is 2.39. The first-order valence-electron chi connectivity index (χ1n) is 12.2. The molecular weight excluding hydrogens is 392 g/mol. The smallest absolute Gasteiger partial charge is 0.352 e. The van der Waals surface area contributed by atoms with Gasteiger partial charge in [0.15, 0.2) is 0 Å². The van der Waals surface area contributed by atoms with Gasteiger partial charge in [-0.05, 0) is 26.4 Å². The van der Waals surface area contributed by atoms with Crippen molar-refractivity contribution in [1.82, 2.24) is 0 Å². The Morgan fingerprint density at radius 2 is 0.966 bits per heavy atom. The number of rotatable bonds is 22. The van der Waals surface area contributed by atoms with Gasteiger partial charge < -0.3 is 13.0 Å². The molecule has 172 valence electrons. The number of unbranched alkanes of at least 4 members (excludes halogenated alkanes) is 13. The molecule has 0 aromatic rings. The fraction of sp³-hybridized carbons (Fsp3) is 0.833. The standard InChI is InChI=1S/C24H50O3Si2/c1-7-11-12-13-14-15-16-17-18-19-20-21-22-23-24-26-29(6,10-4)27-28(5,9-3)25-8-2/h9-10H,3-4,7-8,11-24H2,1-2,5-6H3. The predicted octanol–water partition coefficient (Wildman–Crippen LogP) is 8.13. The topological polar surface area (TPSA) is 27.7 Å². The molecule has 0 aromatic heterocycles. The Bertz CT molecular complexity index is 406. The molecule has 0 rings (SSSR count). The molecular formula is C24H50O3Si2. The molecule has 29 heavy (non-hydrogen) atoms. The van der Waals surface area contributed by atoms with E-state index in [1.807, 2.05) is 24.9 Å². The Balaban J connectivity index is 3.65. The third-order valence-electron chi connectivity index (χ3n) is 5.46. The van der Waals surface area contributed by atoms with E-state index in [-0.39, 0.29) is 0 Å². The van der Waals surface area contributed by atoms with Crippen LogP contribution in [0, 0.1) is 0 Å². The lowest BCUT2D eigenvalue weighted by atomic mass is 10.0. The quantitative estimate of drug-likeness (QED) is 0.125. The Morgan fingerprint density at radius 3 is 1.34 bits per heavy atom. The highest BCUT2D eigenvalue weighted by Crippen LogP contribution is 2.20. The molecule has 0 saturated heterocycles. The lowest BCUT2D eigenvalue weighted by Crippen LogP contribution is -2.50. The first kappa shape index (κ1) is 28.8. The van der Waals surface area contributed by atoms with Gasteiger partial charge in [0.05, 0.1) is 0 Å². The van der Waals surface area contributed by atoms with Gasteiger partial charge in [-0.1, -0.05) is 102 Å². The van der Waals surface area contributed by atoms with E-state index in [2.05, 4.69) is 26.6 Å². The van der Waals surface area contributed by atoms with E-state index in [0.29, 0.717) is 6.61 Å². The maximum absolute atomic E-state index is 6.28. The minimum Gasteiger partial charge on any atom is -0.409 e. The van der Waals surface area contributed by atoms with Crippen molar-refractivity contribution in [2.75, 3.05) is 13.2 Å². The van der Waals surface area contributed by atoms with Crippen molar-refractivity contribution in [2.45, 2.75) is 117 Å². The average molecular weight is 443 g/mol. The molecule has 3 nitrogen and oxygen atoms in total. The molecule has 2 unspecified atom stereocenters. The van der Waals surface area contributed by atoms with Crippen molar-refractivity contribution >= 4 is 17.1 Å². The Labute approximate surface area is 184 Å². The van der Waals surface area contributed by atoms with Gasteiger partial charge in [-0.25, -0.2) is 0 Å². The summed E-state index contributed by atoms with van der Waals surface area (Å²) in [6.45, 7) is 17.6. The van der Waals surface area contributed by atoms with Gasteiger partial charge in [0.2, 0.25) is 0 Å². The highest BCUT2D eigenvalue weighted by atomic mass is 28.5. The largest absolute Gasteiger partial charge is 0.409 e. The fourth-order valence-electron chi connectivity index (χ4n) is 3.52. The summed E-state index contributed by atoms with van der Waals surface area (Å²) in [5.41, 5.74) is 3.70. The summed E-state index contributed by atoms with van der Waals surface area (Å²) in [6.07, 6.45) is 19.2. The Kier molecular flexibility index (Phi) is 18.4. The second kappa shape index (κ2) is 18.6. The van der Waals surface area contributed by atoms with Crippen molar-refractivity contribution in [3.05, 3.63) is 24.6 Å². The van der Waals surface area contributed by atoms with Gasteiger partial charge in [-0.3, -0.25) is 0 Å². The molecule has 0 N–H and O–H groups in total. The van der Waals surface area contributed by atoms with Crippen molar-refractivity contribution < 1.29 is 13.0 Å². The molecule has 0 spiro atoms. The maximum atomic E-state index is 6.28. The number of hydrogen-bond donors (Lipinski definition) is 0. The van der Waals surface area contributed by atoms with Crippen molar-refractivity contribution in [1.29, 1.82) is 0 Å². The monoisotopic (exact) mass is 442 g/mol. The minimum atomic E-state index is -2.39. The maximum Gasteiger partial charge on any atom is 0.352 e. The van der Waals surface area contributed by atoms with Crippen LogP contribution in [0.2, 0.25) is 13.1 Å². The van der Waals surface area contributed by atoms with Gasteiger partial charge in [0.25, 0.3) is 0 Å². The van der Waals surface area contributed by atoms with Crippen LogP contribution in [0.15, 0.2) is 24.6 Å². The average Bonchev–Trinajstić information content (AvgIpc) is 2.71. The summed E-state index contributed by atoms with van der Waals surface area (Å²) in [5, 5.41) is 0. The third-order valence-corrected chi connectivity index (χ3v) is 11.8. The molecule has 0 fully saturated rings. The first-order valence-corrected chi connectivity index (χ1v) is 17.0. The van der Waals surface area contributed by atoms with E-state index in [9.17, 15) is 0 Å². The molecule has 0 saturated carbocycles. The molecule has 0 amide bonds. The van der Waals surface area contributed by atoms with Gasteiger partial charge in [-0.2, -0.15) is 0 Å². The van der Waals surface area contributed by atoms with E-state index in [1.54, 1.807) is 0 Å². The van der Waals surface area contributed by atoms with E-state index in [4.69, 9.17) is 13.0 Å². The minimum absolute atomic E-state index is 0.634. The summed E-state index contributed by atoms with van der Waals surface area (Å²) in [7, 11) is -4.75. The van der Waals surface area contributed by atoms with Crippen LogP contribution in [0.25, 0.3) is 0 Å². The van der Waals surface area contributed by atoms with E-state index in [1.165, 1.54) is 83.5 Å². The van der Waals surface area contributed by atoms with Gasteiger partial charge in [0, 0.05) is 13.2 Å². The zero-order valence-corrected chi connectivity index (χ0v) is 22.1. The van der Waals surface area contributed by atoms with Gasteiger partial charge in [-0.15, -0.1) is 13.2 Å². The fourth-order valence-corrected chi connectivity index (χ4v) is 9.24. The molecule has 5 heteroatoms. The summed E-state index contributed by atoms with van der Waals surface area (Å²) in [4.78, 5) is 0. The van der Waals surface area contributed by atoms with E-state index >= 15 is 0 Å². The molecule has 0 bridgehead atoms. The van der Waals surface area contributed by atoms with Gasteiger partial charge in [0.1, 0.15) is 0 Å². The number of hydrogen-bond acceptors (Lipinski definition) is 3. The third kappa shape index (κ3) is 16.2. The zero-order valence-electron chi connectivity index (χ0n) is 20.1. The SMILES string of the molecule is C=C[Si](C)(OCC)O[Si](C)(C=C)OCCCCCCCCCCCCCCCC. The zero-order chi connectivity index (χ0) is 21.8. The van der Waals surface area contributed by atoms with E-state index < -0.39 is 17.1 Å². The molecule has 0 aliphatic heterocycles. The predicted molar refractivity (Wildman–Crippen MR) is 133 cm³/mol. The van der Waals surface area contributed by atoms with Crippen LogP contribution in [-0.2, 0) is 13.0 Å². The molecule has 0 radical (unpaired) electrons. The van der Waals surface area contributed by atoms with Crippen LogP contribution in [0.3, 0.4) is 0 Å². The van der Waals surface area contributed by atoms with Crippen LogP contribution in [0.4, 0.5) is 0 Å². The molecule has 0 aromatic carbocycles. The summed E-state index contributed by atoms with van der Waals surface area (Å²) >= 11 is 0. The van der Waals surface area contributed by atoms with Crippen molar-refractivity contribution in [3.63, 3.8) is 0 Å². The summed E-state index contributed by atoms with van der Waals surface area (Å²) < 4.78 is 18.2. The van der Waals surface area contributed by atoms with Crippen LogP contribution < -0.4 is 0 Å². The van der Waals surface area contributed by atoms with Crippen LogP contribution in [-0.4, -0.2) is 30.3 Å². The summed E-state index contributed by atoms with van der Waals surface area (Å²) in [5.74, 6) is 0. The van der Waals surface area contributed by atoms with E-state index in [0.717, 1.165) is 13.0 Å². The van der Waals surface area contributed by atoms with Crippen molar-refractivity contribution in [3.8, 4) is 0 Å². The molecule has 0 aliphatic carbocycles. The normalized spacial score (nSPS) is 15.6. The highest BCUT2D eigenvalue weighted by molar-refractivity contribution is 6.84. The van der Waals surface area contributed by atoms with Crippen molar-refractivity contribution in [2.24, 2.45) is 0 Å². The second-order valence-electron chi connectivity index (χ2n) is 8.42. The second-order valence-corrected chi connectivity index (χ2v) is 14.7. The lowest BCUT2D eigenvalue weighted by Gasteiger charge is -2.33. The van der Waals surface area contributed by atoms with Crippen LogP contribution in [0.5, 0.6) is 0 Å². The first-order chi connectivity index (χ1) is 13.9. The molecule has 0 aliphatic rings. The van der Waals surface area contributed by atoms with Gasteiger partial charge >= 0.3 is 17.1 Å². The van der Waals surface area contributed by atoms with Crippen LogP contribution in [0.1, 0.15) is 104 Å². The Hall–Kier alpha value is -0.206. The summed E-state index contributed by atoms with van der Waals surface area (Å²) in [6, 6.07) is 0. The Morgan fingerprint density at radius 1 is 0.586 bits per heavy atom. The molecule has 2 atom stereocenters. The molecule has 0 heterocycles.